The summed E-state index contributed by atoms with van der Waals surface area (Å²) in [7, 11) is -0.631. The van der Waals surface area contributed by atoms with Crippen molar-refractivity contribution in [3.8, 4) is 0 Å². The molecule has 2 heteroatoms. The van der Waals surface area contributed by atoms with Crippen LogP contribution in [0.2, 0.25) is 0 Å². The fourth-order valence-electron chi connectivity index (χ4n) is 3.25. The van der Waals surface area contributed by atoms with E-state index in [9.17, 15) is 0 Å². The zero-order chi connectivity index (χ0) is 14.4. The fraction of sp³-hybridized carbons (Fsp3) is 0.667. The van der Waals surface area contributed by atoms with E-state index in [1.165, 1.54) is 50.6 Å². The molecule has 0 amide bonds. The molecule has 0 saturated heterocycles. The average molecular weight is 294 g/mol. The highest BCUT2D eigenvalue weighted by molar-refractivity contribution is 8.32. The van der Waals surface area contributed by atoms with E-state index in [2.05, 4.69) is 48.3 Å². The predicted octanol–water partition coefficient (Wildman–Crippen LogP) is 4.80. The van der Waals surface area contributed by atoms with Gasteiger partial charge in [-0.2, -0.15) is 0 Å². The molecule has 1 aliphatic carbocycles. The van der Waals surface area contributed by atoms with Gasteiger partial charge in [0.1, 0.15) is 0 Å². The van der Waals surface area contributed by atoms with Crippen molar-refractivity contribution in [3.05, 3.63) is 29.8 Å². The number of hydrogen-bond donors (Lipinski definition) is 1. The molecule has 0 unspecified atom stereocenters. The molecular formula is C18H31NS. The van der Waals surface area contributed by atoms with Crippen molar-refractivity contribution in [3.63, 3.8) is 0 Å². The maximum Gasteiger partial charge on any atom is 0.0216 e. The van der Waals surface area contributed by atoms with Crippen LogP contribution in [0.15, 0.2) is 29.2 Å². The van der Waals surface area contributed by atoms with Gasteiger partial charge in [-0.25, -0.2) is 10.0 Å². The summed E-state index contributed by atoms with van der Waals surface area (Å²) < 4.78 is 0. The Kier molecular flexibility index (Phi) is 5.98. The fourth-order valence-corrected chi connectivity index (χ4v) is 4.67. The molecule has 0 bridgehead atoms. The minimum atomic E-state index is -0.631. The lowest BCUT2D eigenvalue weighted by atomic mass is 9.87. The molecule has 1 aromatic carbocycles. The molecule has 2 rings (SSSR count). The molecular weight excluding hydrogens is 262 g/mol. The van der Waals surface area contributed by atoms with Crippen LogP contribution in [-0.4, -0.2) is 25.3 Å². The second-order valence-electron chi connectivity index (χ2n) is 6.91. The molecule has 1 fully saturated rings. The van der Waals surface area contributed by atoms with Gasteiger partial charge in [-0.05, 0) is 54.2 Å². The van der Waals surface area contributed by atoms with Gasteiger partial charge in [0, 0.05) is 6.54 Å². The number of nitrogens with one attached hydrogen (secondary N) is 1. The summed E-state index contributed by atoms with van der Waals surface area (Å²) >= 11 is 0. The van der Waals surface area contributed by atoms with Crippen LogP contribution in [0.3, 0.4) is 0 Å². The standard InChI is InChI=1S/C18H31NS/c1-20(2,3)18-12-8-7-11-17(18)15-19-14-13-16-9-5-4-6-10-16/h7-8,11-12,16,19H,4-6,9-10,13-15H2,1-3H3. The van der Waals surface area contributed by atoms with Gasteiger partial charge in [-0.1, -0.05) is 50.3 Å². The molecule has 1 aliphatic rings. The van der Waals surface area contributed by atoms with Gasteiger partial charge in [0.15, 0.2) is 0 Å². The van der Waals surface area contributed by atoms with Crippen molar-refractivity contribution in [2.45, 2.75) is 50.0 Å². The second kappa shape index (κ2) is 7.51. The summed E-state index contributed by atoms with van der Waals surface area (Å²) in [4.78, 5) is 1.56. The van der Waals surface area contributed by atoms with Crippen molar-refractivity contribution in [1.82, 2.24) is 5.32 Å². The molecule has 0 radical (unpaired) electrons. The molecule has 20 heavy (non-hydrogen) atoms. The lowest BCUT2D eigenvalue weighted by Gasteiger charge is -2.29. The van der Waals surface area contributed by atoms with Gasteiger partial charge < -0.3 is 5.32 Å². The van der Waals surface area contributed by atoms with Gasteiger partial charge in [-0.3, -0.25) is 0 Å². The molecule has 1 N–H and O–H groups in total. The third-order valence-electron chi connectivity index (χ3n) is 4.40. The highest BCUT2D eigenvalue weighted by Gasteiger charge is 2.14. The van der Waals surface area contributed by atoms with Crippen LogP contribution < -0.4 is 5.32 Å². The van der Waals surface area contributed by atoms with Gasteiger partial charge >= 0.3 is 0 Å². The van der Waals surface area contributed by atoms with Crippen LogP contribution in [0.4, 0.5) is 0 Å². The molecule has 0 spiro atoms. The lowest BCUT2D eigenvalue weighted by molar-refractivity contribution is 0.333. The van der Waals surface area contributed by atoms with E-state index in [0.717, 1.165) is 12.5 Å². The highest BCUT2D eigenvalue weighted by Crippen LogP contribution is 2.46. The van der Waals surface area contributed by atoms with Crippen LogP contribution in [-0.2, 0) is 6.54 Å². The lowest BCUT2D eigenvalue weighted by Crippen LogP contribution is -2.20. The zero-order valence-corrected chi connectivity index (χ0v) is 14.3. The topological polar surface area (TPSA) is 12.0 Å². The monoisotopic (exact) mass is 293 g/mol. The first-order chi connectivity index (χ1) is 9.57. The largest absolute Gasteiger partial charge is 0.313 e. The minimum absolute atomic E-state index is 0.631. The zero-order valence-electron chi connectivity index (χ0n) is 13.5. The SMILES string of the molecule is CS(C)(C)c1ccccc1CNCCC1CCCCC1. The summed E-state index contributed by atoms with van der Waals surface area (Å²) in [6.45, 7) is 2.21. The number of rotatable bonds is 6. The van der Waals surface area contributed by atoms with Gasteiger partial charge in [0.2, 0.25) is 0 Å². The summed E-state index contributed by atoms with van der Waals surface area (Å²) in [6, 6.07) is 8.96. The van der Waals surface area contributed by atoms with Crippen LogP contribution in [0.5, 0.6) is 0 Å². The first-order valence-corrected chi connectivity index (χ1v) is 10.9. The molecule has 1 aromatic rings. The Morgan fingerprint density at radius 3 is 2.45 bits per heavy atom. The predicted molar refractivity (Wildman–Crippen MR) is 93.0 cm³/mol. The maximum atomic E-state index is 3.67. The van der Waals surface area contributed by atoms with E-state index in [1.54, 1.807) is 4.90 Å². The summed E-state index contributed by atoms with van der Waals surface area (Å²) in [5.41, 5.74) is 1.50. The van der Waals surface area contributed by atoms with E-state index in [-0.39, 0.29) is 0 Å². The van der Waals surface area contributed by atoms with E-state index in [0.29, 0.717) is 0 Å². The molecule has 0 aromatic heterocycles. The Bertz CT molecular complexity index is 402. The minimum Gasteiger partial charge on any atom is -0.313 e. The van der Waals surface area contributed by atoms with Gasteiger partial charge in [-0.15, -0.1) is 0 Å². The third kappa shape index (κ3) is 4.82. The molecule has 1 saturated carbocycles. The molecule has 1 nitrogen and oxygen atoms in total. The summed E-state index contributed by atoms with van der Waals surface area (Å²) in [5, 5.41) is 3.67. The molecule has 114 valence electrons. The van der Waals surface area contributed by atoms with E-state index in [4.69, 9.17) is 0 Å². The van der Waals surface area contributed by atoms with Crippen molar-refractivity contribution in [2.24, 2.45) is 5.92 Å². The van der Waals surface area contributed by atoms with E-state index < -0.39 is 10.0 Å². The smallest absolute Gasteiger partial charge is 0.0216 e. The Balaban J connectivity index is 1.79. The average Bonchev–Trinajstić information content (AvgIpc) is 2.44. The van der Waals surface area contributed by atoms with Crippen LogP contribution in [0, 0.1) is 5.92 Å². The number of hydrogen-bond acceptors (Lipinski definition) is 1. The van der Waals surface area contributed by atoms with Crippen molar-refractivity contribution >= 4 is 10.0 Å². The summed E-state index contributed by atoms with van der Waals surface area (Å²) in [6.07, 6.45) is 15.8. The Morgan fingerprint density at radius 1 is 1.05 bits per heavy atom. The Morgan fingerprint density at radius 2 is 1.75 bits per heavy atom. The number of benzene rings is 1. The first-order valence-electron chi connectivity index (χ1n) is 8.04. The Labute approximate surface area is 126 Å². The normalized spacial score (nSPS) is 18.1. The quantitative estimate of drug-likeness (QED) is 0.743. The third-order valence-corrected chi connectivity index (χ3v) is 6.12. The van der Waals surface area contributed by atoms with Crippen molar-refractivity contribution in [1.29, 1.82) is 0 Å². The second-order valence-corrected chi connectivity index (χ2v) is 11.0. The van der Waals surface area contributed by atoms with Gasteiger partial charge in [0.25, 0.3) is 0 Å². The van der Waals surface area contributed by atoms with Crippen molar-refractivity contribution < 1.29 is 0 Å². The van der Waals surface area contributed by atoms with E-state index in [1.807, 2.05) is 0 Å². The van der Waals surface area contributed by atoms with Crippen LogP contribution >= 0.6 is 10.0 Å². The van der Waals surface area contributed by atoms with Crippen molar-refractivity contribution in [2.75, 3.05) is 25.3 Å². The maximum absolute atomic E-state index is 3.67. The summed E-state index contributed by atoms with van der Waals surface area (Å²) in [5.74, 6) is 0.986. The van der Waals surface area contributed by atoms with E-state index >= 15 is 0 Å². The van der Waals surface area contributed by atoms with Crippen LogP contribution in [0.1, 0.15) is 44.1 Å². The van der Waals surface area contributed by atoms with Gasteiger partial charge in [0.05, 0.1) is 0 Å². The molecule has 0 atom stereocenters. The highest BCUT2D eigenvalue weighted by atomic mass is 32.3. The Hall–Kier alpha value is -0.470. The molecule has 0 heterocycles. The molecule has 0 aliphatic heterocycles. The van der Waals surface area contributed by atoms with Crippen LogP contribution in [0.25, 0.3) is 0 Å². The first kappa shape index (κ1) is 15.9.